The van der Waals surface area contributed by atoms with E-state index in [0.29, 0.717) is 18.5 Å². The Bertz CT molecular complexity index is 244. The third-order valence-corrected chi connectivity index (χ3v) is 1.79. The summed E-state index contributed by atoms with van der Waals surface area (Å²) in [5.74, 6) is -0.201. The van der Waals surface area contributed by atoms with Gasteiger partial charge in [0.2, 0.25) is 5.95 Å². The summed E-state index contributed by atoms with van der Waals surface area (Å²) >= 11 is 0. The van der Waals surface area contributed by atoms with Crippen molar-refractivity contribution in [3.05, 3.63) is 17.7 Å². The second-order valence-electron chi connectivity index (χ2n) is 2.63. The van der Waals surface area contributed by atoms with Crippen molar-refractivity contribution < 1.29 is 4.39 Å². The number of nitrogens with one attached hydrogen (secondary N) is 1. The van der Waals surface area contributed by atoms with Crippen molar-refractivity contribution in [3.63, 3.8) is 0 Å². The van der Waals surface area contributed by atoms with E-state index in [-0.39, 0.29) is 5.95 Å². The fourth-order valence-corrected chi connectivity index (χ4v) is 1.06. The van der Waals surface area contributed by atoms with Gasteiger partial charge in [-0.1, -0.05) is 0 Å². The van der Waals surface area contributed by atoms with Gasteiger partial charge in [-0.15, -0.1) is 0 Å². The van der Waals surface area contributed by atoms with E-state index < -0.39 is 0 Å². The molecule has 1 aromatic rings. The van der Waals surface area contributed by atoms with Gasteiger partial charge >= 0.3 is 0 Å². The molecule has 3 nitrogen and oxygen atoms in total. The first-order valence-electron chi connectivity index (χ1n) is 4.14. The van der Waals surface area contributed by atoms with E-state index in [1.54, 1.807) is 6.20 Å². The molecule has 1 aromatic heterocycles. The Labute approximate surface area is 71.6 Å². The zero-order valence-corrected chi connectivity index (χ0v) is 7.47. The van der Waals surface area contributed by atoms with Crippen molar-refractivity contribution >= 4 is 0 Å². The molecule has 0 atom stereocenters. The molecule has 0 aliphatic rings. The third-order valence-electron chi connectivity index (χ3n) is 1.79. The van der Waals surface area contributed by atoms with Crippen molar-refractivity contribution in [1.82, 2.24) is 15.1 Å². The summed E-state index contributed by atoms with van der Waals surface area (Å²) in [4.78, 5) is 0. The molecule has 1 N–H and O–H groups in total. The van der Waals surface area contributed by atoms with Crippen molar-refractivity contribution in [2.45, 2.75) is 19.9 Å². The molecule has 0 amide bonds. The summed E-state index contributed by atoms with van der Waals surface area (Å²) in [6, 6.07) is 0. The zero-order chi connectivity index (χ0) is 8.97. The lowest BCUT2D eigenvalue weighted by molar-refractivity contribution is 0.463. The number of aromatic nitrogens is 2. The lowest BCUT2D eigenvalue weighted by atomic mass is 10.2. The van der Waals surface area contributed by atoms with Crippen LogP contribution in [0.4, 0.5) is 4.39 Å². The Kier molecular flexibility index (Phi) is 3.22. The minimum Gasteiger partial charge on any atom is -0.319 e. The van der Waals surface area contributed by atoms with Gasteiger partial charge < -0.3 is 5.32 Å². The number of halogens is 1. The van der Waals surface area contributed by atoms with Crippen LogP contribution in [-0.4, -0.2) is 23.4 Å². The van der Waals surface area contributed by atoms with E-state index in [2.05, 4.69) is 10.4 Å². The summed E-state index contributed by atoms with van der Waals surface area (Å²) in [5.41, 5.74) is 0.686. The van der Waals surface area contributed by atoms with Gasteiger partial charge in [0.15, 0.2) is 0 Å². The van der Waals surface area contributed by atoms with E-state index >= 15 is 0 Å². The van der Waals surface area contributed by atoms with Crippen LogP contribution in [0.5, 0.6) is 0 Å². The summed E-state index contributed by atoms with van der Waals surface area (Å²) in [7, 11) is 1.85. The van der Waals surface area contributed by atoms with Gasteiger partial charge in [-0.05, 0) is 26.9 Å². The number of hydrogen-bond acceptors (Lipinski definition) is 2. The summed E-state index contributed by atoms with van der Waals surface area (Å²) in [6.07, 6.45) is 2.29. The molecule has 0 radical (unpaired) electrons. The number of likely N-dealkylation sites (N-methyl/N-ethyl adjacent to an activating group) is 1. The van der Waals surface area contributed by atoms with Crippen LogP contribution in [-0.2, 0) is 13.0 Å². The lowest BCUT2D eigenvalue weighted by Crippen LogP contribution is -2.11. The summed E-state index contributed by atoms with van der Waals surface area (Å²) in [6.45, 7) is 3.25. The zero-order valence-electron chi connectivity index (χ0n) is 7.47. The largest absolute Gasteiger partial charge is 0.319 e. The molecular weight excluding hydrogens is 157 g/mol. The second kappa shape index (κ2) is 4.21. The molecule has 0 fully saturated rings. The molecule has 0 aliphatic heterocycles. The van der Waals surface area contributed by atoms with Crippen molar-refractivity contribution in [3.8, 4) is 0 Å². The highest BCUT2D eigenvalue weighted by Crippen LogP contribution is 2.06. The van der Waals surface area contributed by atoms with Crippen LogP contribution in [0.3, 0.4) is 0 Å². The minimum atomic E-state index is -0.201. The van der Waals surface area contributed by atoms with Crippen LogP contribution in [0, 0.1) is 5.95 Å². The fourth-order valence-electron chi connectivity index (χ4n) is 1.06. The number of rotatable bonds is 4. The standard InChI is InChI=1S/C8H14FN3/c1-3-12-8(9)7(6-11-12)4-5-10-2/h6,10H,3-5H2,1-2H3. The molecule has 0 unspecified atom stereocenters. The molecular formula is C8H14FN3. The Hall–Kier alpha value is -0.900. The SMILES string of the molecule is CCn1ncc(CCNC)c1F. The quantitative estimate of drug-likeness (QED) is 0.726. The van der Waals surface area contributed by atoms with Crippen LogP contribution >= 0.6 is 0 Å². The topological polar surface area (TPSA) is 29.9 Å². The Morgan fingerprint density at radius 3 is 2.92 bits per heavy atom. The van der Waals surface area contributed by atoms with Crippen molar-refractivity contribution in [2.75, 3.05) is 13.6 Å². The Morgan fingerprint density at radius 1 is 1.67 bits per heavy atom. The van der Waals surface area contributed by atoms with E-state index in [1.165, 1.54) is 4.68 Å². The van der Waals surface area contributed by atoms with Gasteiger partial charge in [0.05, 0.1) is 6.20 Å². The molecule has 1 rings (SSSR count). The molecule has 0 spiro atoms. The predicted molar refractivity (Wildman–Crippen MR) is 45.5 cm³/mol. The van der Waals surface area contributed by atoms with Crippen molar-refractivity contribution in [1.29, 1.82) is 0 Å². The van der Waals surface area contributed by atoms with E-state index in [9.17, 15) is 4.39 Å². The van der Waals surface area contributed by atoms with Crippen LogP contribution in [0.25, 0.3) is 0 Å². The molecule has 0 saturated heterocycles. The predicted octanol–water partition coefficient (Wildman–Crippen LogP) is 0.804. The molecule has 0 aliphatic carbocycles. The van der Waals surface area contributed by atoms with Crippen LogP contribution in [0.15, 0.2) is 6.20 Å². The first-order valence-corrected chi connectivity index (χ1v) is 4.14. The van der Waals surface area contributed by atoms with Crippen LogP contribution < -0.4 is 5.32 Å². The molecule has 4 heteroatoms. The van der Waals surface area contributed by atoms with E-state index in [4.69, 9.17) is 0 Å². The van der Waals surface area contributed by atoms with Gasteiger partial charge in [-0.3, -0.25) is 0 Å². The molecule has 68 valence electrons. The third kappa shape index (κ3) is 1.82. The minimum absolute atomic E-state index is 0.201. The number of aryl methyl sites for hydroxylation is 1. The fraction of sp³-hybridized carbons (Fsp3) is 0.625. The van der Waals surface area contributed by atoms with Gasteiger partial charge in [-0.2, -0.15) is 9.49 Å². The van der Waals surface area contributed by atoms with Crippen LogP contribution in [0.1, 0.15) is 12.5 Å². The number of hydrogen-bond donors (Lipinski definition) is 1. The van der Waals surface area contributed by atoms with E-state index in [1.807, 2.05) is 14.0 Å². The van der Waals surface area contributed by atoms with Crippen molar-refractivity contribution in [2.24, 2.45) is 0 Å². The second-order valence-corrected chi connectivity index (χ2v) is 2.63. The first-order chi connectivity index (χ1) is 5.79. The highest BCUT2D eigenvalue weighted by atomic mass is 19.1. The summed E-state index contributed by atoms with van der Waals surface area (Å²) in [5, 5.41) is 6.87. The maximum atomic E-state index is 13.2. The highest BCUT2D eigenvalue weighted by Gasteiger charge is 2.07. The molecule has 12 heavy (non-hydrogen) atoms. The number of nitrogens with zero attached hydrogens (tertiary/aromatic N) is 2. The van der Waals surface area contributed by atoms with Gasteiger partial charge in [0.1, 0.15) is 0 Å². The van der Waals surface area contributed by atoms with Gasteiger partial charge in [0.25, 0.3) is 0 Å². The average molecular weight is 171 g/mol. The molecule has 0 aromatic carbocycles. The van der Waals surface area contributed by atoms with E-state index in [0.717, 1.165) is 6.54 Å². The maximum Gasteiger partial charge on any atom is 0.214 e. The summed E-state index contributed by atoms with van der Waals surface area (Å²) < 4.78 is 14.6. The average Bonchev–Trinajstić information content (AvgIpc) is 2.43. The highest BCUT2D eigenvalue weighted by molar-refractivity contribution is 5.07. The van der Waals surface area contributed by atoms with Gasteiger partial charge in [-0.25, -0.2) is 4.68 Å². The lowest BCUT2D eigenvalue weighted by Gasteiger charge is -1.97. The van der Waals surface area contributed by atoms with Crippen LogP contribution in [0.2, 0.25) is 0 Å². The molecule has 0 saturated carbocycles. The molecule has 0 bridgehead atoms. The normalized spacial score (nSPS) is 10.6. The Balaban J connectivity index is 2.66. The first kappa shape index (κ1) is 9.19. The Morgan fingerprint density at radius 2 is 2.42 bits per heavy atom. The monoisotopic (exact) mass is 171 g/mol. The van der Waals surface area contributed by atoms with Gasteiger partial charge in [0, 0.05) is 12.1 Å². The smallest absolute Gasteiger partial charge is 0.214 e. The molecule has 1 heterocycles. The maximum absolute atomic E-state index is 13.2.